The van der Waals surface area contributed by atoms with Gasteiger partial charge in [0.1, 0.15) is 17.5 Å². The predicted molar refractivity (Wildman–Crippen MR) is 102 cm³/mol. The van der Waals surface area contributed by atoms with Crippen LogP contribution in [0.25, 0.3) is 0 Å². The van der Waals surface area contributed by atoms with E-state index in [0.717, 1.165) is 12.0 Å². The zero-order valence-corrected chi connectivity index (χ0v) is 16.8. The van der Waals surface area contributed by atoms with E-state index in [9.17, 15) is 14.7 Å². The molecule has 0 amide bonds. The number of hydrogen-bond donors (Lipinski definition) is 1. The third-order valence-corrected chi connectivity index (χ3v) is 6.36. The second-order valence-corrected chi connectivity index (χ2v) is 8.51. The number of rotatable bonds is 2. The molecule has 0 saturated heterocycles. The Morgan fingerprint density at radius 3 is 2.63 bits per heavy atom. The van der Waals surface area contributed by atoms with Gasteiger partial charge in [0.15, 0.2) is 5.78 Å². The van der Waals surface area contributed by atoms with Gasteiger partial charge in [0.25, 0.3) is 0 Å². The summed E-state index contributed by atoms with van der Waals surface area (Å²) in [6.07, 6.45) is 4.67. The van der Waals surface area contributed by atoms with Crippen molar-refractivity contribution in [3.63, 3.8) is 0 Å². The van der Waals surface area contributed by atoms with Crippen LogP contribution in [0.2, 0.25) is 0 Å². The molecule has 0 aromatic rings. The van der Waals surface area contributed by atoms with Crippen LogP contribution >= 0.6 is 0 Å². The highest BCUT2D eigenvalue weighted by molar-refractivity contribution is 5.96. The van der Waals surface area contributed by atoms with E-state index in [0.29, 0.717) is 49.0 Å². The van der Waals surface area contributed by atoms with E-state index >= 15 is 0 Å². The second kappa shape index (κ2) is 6.93. The first-order valence-electron chi connectivity index (χ1n) is 9.75. The Bertz CT molecular complexity index is 746. The Kier molecular flexibility index (Phi) is 5.10. The van der Waals surface area contributed by atoms with Crippen molar-refractivity contribution < 1.29 is 24.2 Å². The molecule has 5 nitrogen and oxygen atoms in total. The molecular weight excluding hydrogens is 344 g/mol. The summed E-state index contributed by atoms with van der Waals surface area (Å²) in [6.45, 7) is 11.1. The molecule has 2 bridgehead atoms. The maximum Gasteiger partial charge on any atom is 0.303 e. The summed E-state index contributed by atoms with van der Waals surface area (Å²) >= 11 is 0. The number of carbonyl (C=O) groups excluding carboxylic acids is 2. The molecule has 3 aliphatic rings. The number of allylic oxidation sites excluding steroid dienone is 2. The molecule has 1 N–H and O–H groups in total. The van der Waals surface area contributed by atoms with Crippen LogP contribution in [0.15, 0.2) is 35.1 Å². The molecule has 5 heteroatoms. The summed E-state index contributed by atoms with van der Waals surface area (Å²) in [5.74, 6) is -0.198. The van der Waals surface area contributed by atoms with Crippen LogP contribution in [0.1, 0.15) is 66.2 Å². The van der Waals surface area contributed by atoms with Crippen molar-refractivity contribution in [2.75, 3.05) is 0 Å². The molecular formula is C22H30O5. The summed E-state index contributed by atoms with van der Waals surface area (Å²) in [5.41, 5.74) is 0.467. The van der Waals surface area contributed by atoms with Crippen molar-refractivity contribution in [1.82, 2.24) is 0 Å². The molecule has 2 aliphatic heterocycles. The van der Waals surface area contributed by atoms with Crippen molar-refractivity contribution in [1.29, 1.82) is 0 Å². The van der Waals surface area contributed by atoms with Gasteiger partial charge in [0, 0.05) is 18.9 Å². The van der Waals surface area contributed by atoms with Gasteiger partial charge in [-0.1, -0.05) is 18.2 Å². The number of Topliss-reactive ketones (excluding diaryl/α,β-unsaturated/α-hetero) is 1. The molecule has 0 aromatic carbocycles. The van der Waals surface area contributed by atoms with Crippen molar-refractivity contribution >= 4 is 11.8 Å². The molecule has 0 unspecified atom stereocenters. The third kappa shape index (κ3) is 3.49. The molecule has 0 saturated carbocycles. The molecule has 0 fully saturated rings. The third-order valence-electron chi connectivity index (χ3n) is 6.36. The molecule has 27 heavy (non-hydrogen) atoms. The lowest BCUT2D eigenvalue weighted by Crippen LogP contribution is -2.47. The second-order valence-electron chi connectivity index (χ2n) is 8.51. The largest absolute Gasteiger partial charge is 0.487 e. The average Bonchev–Trinajstić information content (AvgIpc) is 2.67. The smallest absolute Gasteiger partial charge is 0.303 e. The lowest BCUT2D eigenvalue weighted by molar-refractivity contribution is -0.167. The number of aliphatic hydroxyl groups is 1. The lowest BCUT2D eigenvalue weighted by atomic mass is 9.70. The van der Waals surface area contributed by atoms with E-state index < -0.39 is 23.2 Å². The Morgan fingerprint density at radius 2 is 2.00 bits per heavy atom. The first-order valence-corrected chi connectivity index (χ1v) is 9.75. The van der Waals surface area contributed by atoms with E-state index in [-0.39, 0.29) is 11.8 Å². The molecule has 0 aromatic heterocycles. The molecule has 0 radical (unpaired) electrons. The number of ketones is 1. The zero-order chi connectivity index (χ0) is 20.0. The Hall–Kier alpha value is -1.88. The maximum absolute atomic E-state index is 12.8. The fourth-order valence-electron chi connectivity index (χ4n) is 4.55. The minimum absolute atomic E-state index is 0.0655. The van der Waals surface area contributed by atoms with Crippen LogP contribution in [-0.2, 0) is 19.1 Å². The Labute approximate surface area is 161 Å². The van der Waals surface area contributed by atoms with Crippen LogP contribution in [0, 0.1) is 5.92 Å². The monoisotopic (exact) mass is 374 g/mol. The van der Waals surface area contributed by atoms with Gasteiger partial charge >= 0.3 is 5.97 Å². The van der Waals surface area contributed by atoms with Crippen molar-refractivity contribution in [2.24, 2.45) is 5.92 Å². The fourth-order valence-corrected chi connectivity index (χ4v) is 4.55. The lowest BCUT2D eigenvalue weighted by Gasteiger charge is -2.43. The average molecular weight is 374 g/mol. The minimum atomic E-state index is -1.15. The first-order chi connectivity index (χ1) is 12.6. The van der Waals surface area contributed by atoms with Crippen LogP contribution in [0.4, 0.5) is 0 Å². The Morgan fingerprint density at radius 1 is 1.30 bits per heavy atom. The maximum atomic E-state index is 12.8. The SMILES string of the molecule is C=C(C)[C@]1(O)CCC2=C3O[C@@](C)(CCC2=O)[C@H](OC(C)=O)CC/C(C)=C\[C@@H]31. The molecule has 4 atom stereocenters. The fraction of sp³-hybridized carbons (Fsp3) is 0.636. The Balaban J connectivity index is 2.17. The van der Waals surface area contributed by atoms with E-state index in [1.807, 2.05) is 26.8 Å². The summed E-state index contributed by atoms with van der Waals surface area (Å²) in [4.78, 5) is 24.5. The van der Waals surface area contributed by atoms with Gasteiger partial charge in [-0.3, -0.25) is 9.59 Å². The highest BCUT2D eigenvalue weighted by Crippen LogP contribution is 2.49. The van der Waals surface area contributed by atoms with Crippen LogP contribution < -0.4 is 0 Å². The number of ether oxygens (including phenoxy) is 2. The van der Waals surface area contributed by atoms with Gasteiger partial charge in [-0.05, 0) is 58.4 Å². The van der Waals surface area contributed by atoms with Crippen molar-refractivity contribution in [3.8, 4) is 0 Å². The van der Waals surface area contributed by atoms with Gasteiger partial charge in [0.2, 0.25) is 0 Å². The topological polar surface area (TPSA) is 72.8 Å². The normalized spacial score (nSPS) is 38.4. The molecule has 2 heterocycles. The van der Waals surface area contributed by atoms with Gasteiger partial charge in [-0.15, -0.1) is 0 Å². The van der Waals surface area contributed by atoms with Crippen LogP contribution in [0.3, 0.4) is 0 Å². The highest BCUT2D eigenvalue weighted by atomic mass is 16.6. The minimum Gasteiger partial charge on any atom is -0.487 e. The van der Waals surface area contributed by atoms with Crippen molar-refractivity contribution in [3.05, 3.63) is 35.1 Å². The zero-order valence-electron chi connectivity index (χ0n) is 16.8. The quantitative estimate of drug-likeness (QED) is 0.588. The van der Waals surface area contributed by atoms with E-state index in [1.54, 1.807) is 0 Å². The standard InChI is InChI=1S/C22H30O5/c1-13(2)22(25)11-8-16-18(24)9-10-21(5)19(26-15(4)23)7-6-14(3)12-17(22)20(16)27-21/h12,17,19,25H,1,6-11H2,2-5H3/b14-12-/t17-,19+,21-,22+/m0/s1. The molecule has 0 spiro atoms. The molecule has 148 valence electrons. The molecule has 3 rings (SSSR count). The number of hydrogen-bond acceptors (Lipinski definition) is 5. The number of esters is 1. The van der Waals surface area contributed by atoms with Crippen molar-refractivity contribution in [2.45, 2.75) is 83.5 Å². The summed E-state index contributed by atoms with van der Waals surface area (Å²) < 4.78 is 12.1. The van der Waals surface area contributed by atoms with Crippen LogP contribution in [-0.4, -0.2) is 34.2 Å². The van der Waals surface area contributed by atoms with E-state index in [1.165, 1.54) is 6.92 Å². The highest BCUT2D eigenvalue weighted by Gasteiger charge is 2.51. The van der Waals surface area contributed by atoms with Gasteiger partial charge in [-0.25, -0.2) is 0 Å². The summed E-state index contributed by atoms with van der Waals surface area (Å²) in [5, 5.41) is 11.4. The number of fused-ring (bicyclic) bond motifs is 1. The summed E-state index contributed by atoms with van der Waals surface area (Å²) in [7, 11) is 0. The van der Waals surface area contributed by atoms with Gasteiger partial charge in [0.05, 0.1) is 11.5 Å². The molecule has 1 aliphatic carbocycles. The predicted octanol–water partition coefficient (Wildman–Crippen LogP) is 3.77. The summed E-state index contributed by atoms with van der Waals surface area (Å²) in [6, 6.07) is 0. The van der Waals surface area contributed by atoms with E-state index in [4.69, 9.17) is 9.47 Å². The van der Waals surface area contributed by atoms with Crippen LogP contribution in [0.5, 0.6) is 0 Å². The van der Waals surface area contributed by atoms with Gasteiger partial charge in [-0.2, -0.15) is 0 Å². The number of carbonyl (C=O) groups is 2. The first kappa shape index (κ1) is 19.9. The van der Waals surface area contributed by atoms with Gasteiger partial charge < -0.3 is 14.6 Å². The van der Waals surface area contributed by atoms with E-state index in [2.05, 4.69) is 6.58 Å².